The van der Waals surface area contributed by atoms with Crippen molar-refractivity contribution in [2.75, 3.05) is 13.2 Å². The van der Waals surface area contributed by atoms with E-state index < -0.39 is 8.38 Å². The molecular weight excluding hydrogens is 303 g/mol. The Bertz CT molecular complexity index is 340. The number of hydrogen-bond acceptors (Lipinski definition) is 2. The zero-order valence-electron chi connectivity index (χ0n) is 15.1. The van der Waals surface area contributed by atoms with Gasteiger partial charge in [0.1, 0.15) is 0 Å². The van der Waals surface area contributed by atoms with Crippen molar-refractivity contribution in [2.24, 2.45) is 0 Å². The van der Waals surface area contributed by atoms with E-state index in [1.54, 1.807) is 0 Å². The van der Waals surface area contributed by atoms with Crippen molar-refractivity contribution in [2.45, 2.75) is 78.1 Å². The third kappa shape index (κ3) is 10.9. The van der Waals surface area contributed by atoms with Crippen LogP contribution in [0.15, 0.2) is 30.3 Å². The second-order valence-electron chi connectivity index (χ2n) is 6.09. The first-order valence-corrected chi connectivity index (χ1v) is 10.7. The van der Waals surface area contributed by atoms with Gasteiger partial charge < -0.3 is 9.05 Å². The van der Waals surface area contributed by atoms with Crippen LogP contribution in [0.3, 0.4) is 0 Å². The molecule has 23 heavy (non-hydrogen) atoms. The second-order valence-corrected chi connectivity index (χ2v) is 7.63. The highest BCUT2D eigenvalue weighted by Crippen LogP contribution is 2.37. The van der Waals surface area contributed by atoms with E-state index in [1.165, 1.54) is 56.7 Å². The quantitative estimate of drug-likeness (QED) is 0.265. The molecule has 1 aromatic carbocycles. The molecule has 0 atom stereocenters. The molecule has 0 N–H and O–H groups in total. The molecule has 0 bridgehead atoms. The van der Waals surface area contributed by atoms with Gasteiger partial charge in [0.2, 0.25) is 8.38 Å². The monoisotopic (exact) mass is 338 g/mol. The van der Waals surface area contributed by atoms with E-state index in [-0.39, 0.29) is 0 Å². The summed E-state index contributed by atoms with van der Waals surface area (Å²) in [5.41, 5.74) is 0. The smallest absolute Gasteiger partial charge is 0.205 e. The zero-order valence-corrected chi connectivity index (χ0v) is 16.0. The largest absolute Gasteiger partial charge is 0.331 e. The predicted molar refractivity (Wildman–Crippen MR) is 102 cm³/mol. The average molecular weight is 338 g/mol. The Morgan fingerprint density at radius 2 is 1.13 bits per heavy atom. The van der Waals surface area contributed by atoms with E-state index in [0.29, 0.717) is 0 Å². The summed E-state index contributed by atoms with van der Waals surface area (Å²) in [5.74, 6) is 0. The minimum absolute atomic E-state index is 0.820. The van der Waals surface area contributed by atoms with Gasteiger partial charge in [0.15, 0.2) is 0 Å². The van der Waals surface area contributed by atoms with Crippen molar-refractivity contribution < 1.29 is 9.05 Å². The second kappa shape index (κ2) is 15.1. The van der Waals surface area contributed by atoms with Crippen molar-refractivity contribution in [3.05, 3.63) is 30.3 Å². The topological polar surface area (TPSA) is 18.5 Å². The molecule has 0 unspecified atom stereocenters. The third-order valence-corrected chi connectivity index (χ3v) is 5.43. The van der Waals surface area contributed by atoms with Gasteiger partial charge in [0.05, 0.1) is 13.2 Å². The Morgan fingerprint density at radius 1 is 0.652 bits per heavy atom. The number of rotatable bonds is 15. The first-order chi connectivity index (χ1) is 11.4. The SMILES string of the molecule is CCCCCCCOP(OCCCCCCC)c1ccccc1. The van der Waals surface area contributed by atoms with Crippen molar-refractivity contribution >= 4 is 13.7 Å². The lowest BCUT2D eigenvalue weighted by Gasteiger charge is -2.17. The van der Waals surface area contributed by atoms with Crippen LogP contribution in [-0.2, 0) is 9.05 Å². The summed E-state index contributed by atoms with van der Waals surface area (Å²) in [6.07, 6.45) is 12.7. The summed E-state index contributed by atoms with van der Waals surface area (Å²) in [6.45, 7) is 6.14. The normalized spacial score (nSPS) is 11.3. The lowest BCUT2D eigenvalue weighted by Crippen LogP contribution is -2.07. The number of unbranched alkanes of at least 4 members (excludes halogenated alkanes) is 8. The Kier molecular flexibility index (Phi) is 13.6. The molecule has 0 spiro atoms. The van der Waals surface area contributed by atoms with E-state index in [0.717, 1.165) is 26.1 Å². The summed E-state index contributed by atoms with van der Waals surface area (Å²) >= 11 is 0. The minimum atomic E-state index is -0.905. The van der Waals surface area contributed by atoms with Crippen LogP contribution >= 0.6 is 8.38 Å². The molecule has 0 radical (unpaired) electrons. The van der Waals surface area contributed by atoms with Crippen molar-refractivity contribution in [3.63, 3.8) is 0 Å². The molecule has 0 saturated heterocycles. The molecule has 3 heteroatoms. The highest BCUT2D eigenvalue weighted by atomic mass is 31.2. The molecule has 1 aromatic rings. The average Bonchev–Trinajstić information content (AvgIpc) is 2.60. The molecule has 0 aliphatic rings. The molecular formula is C20H35O2P. The summed E-state index contributed by atoms with van der Waals surface area (Å²) in [6, 6.07) is 10.4. The molecule has 0 amide bonds. The standard InChI is InChI=1S/C20H35O2P/c1-3-5-7-9-14-18-21-23(20-16-12-11-13-17-20)22-19-15-10-8-6-4-2/h11-13,16-17H,3-10,14-15,18-19H2,1-2H3. The van der Waals surface area contributed by atoms with Gasteiger partial charge in [-0.05, 0) is 25.0 Å². The fourth-order valence-corrected chi connectivity index (χ4v) is 3.82. The van der Waals surface area contributed by atoms with Gasteiger partial charge in [-0.1, -0.05) is 83.4 Å². The first-order valence-electron chi connectivity index (χ1n) is 9.49. The molecule has 0 aromatic heterocycles. The van der Waals surface area contributed by atoms with Gasteiger partial charge in [-0.2, -0.15) is 0 Å². The molecule has 2 nitrogen and oxygen atoms in total. The predicted octanol–water partition coefficient (Wildman–Crippen LogP) is 6.60. The van der Waals surface area contributed by atoms with Gasteiger partial charge in [-0.25, -0.2) is 0 Å². The van der Waals surface area contributed by atoms with E-state index in [2.05, 4.69) is 38.1 Å². The molecule has 0 heterocycles. The van der Waals surface area contributed by atoms with Crippen LogP contribution in [0.5, 0.6) is 0 Å². The molecule has 0 saturated carbocycles. The Morgan fingerprint density at radius 3 is 1.61 bits per heavy atom. The lowest BCUT2D eigenvalue weighted by molar-refractivity contribution is 0.247. The highest BCUT2D eigenvalue weighted by Gasteiger charge is 2.13. The van der Waals surface area contributed by atoms with E-state index in [9.17, 15) is 0 Å². The van der Waals surface area contributed by atoms with Crippen LogP contribution in [0.25, 0.3) is 0 Å². The van der Waals surface area contributed by atoms with Crippen molar-refractivity contribution in [1.82, 2.24) is 0 Å². The summed E-state index contributed by atoms with van der Waals surface area (Å²) in [7, 11) is -0.905. The van der Waals surface area contributed by atoms with Crippen molar-refractivity contribution in [3.8, 4) is 0 Å². The zero-order chi connectivity index (χ0) is 16.6. The summed E-state index contributed by atoms with van der Waals surface area (Å²) in [4.78, 5) is 0. The van der Waals surface area contributed by atoms with E-state index in [1.807, 2.05) is 6.07 Å². The van der Waals surface area contributed by atoms with Crippen LogP contribution in [0.1, 0.15) is 78.1 Å². The molecule has 0 fully saturated rings. The van der Waals surface area contributed by atoms with Crippen LogP contribution in [0.4, 0.5) is 0 Å². The Balaban J connectivity index is 2.26. The molecule has 0 aliphatic heterocycles. The summed E-state index contributed by atoms with van der Waals surface area (Å²) < 4.78 is 12.2. The number of hydrogen-bond donors (Lipinski definition) is 0. The van der Waals surface area contributed by atoms with Crippen LogP contribution < -0.4 is 5.30 Å². The van der Waals surface area contributed by atoms with Crippen LogP contribution in [0.2, 0.25) is 0 Å². The van der Waals surface area contributed by atoms with Crippen LogP contribution in [0, 0.1) is 0 Å². The van der Waals surface area contributed by atoms with Gasteiger partial charge in [0.25, 0.3) is 0 Å². The Hall–Kier alpha value is -0.430. The maximum Gasteiger partial charge on any atom is 0.205 e. The third-order valence-electron chi connectivity index (χ3n) is 3.88. The highest BCUT2D eigenvalue weighted by molar-refractivity contribution is 7.56. The van der Waals surface area contributed by atoms with Gasteiger partial charge in [-0.15, -0.1) is 0 Å². The van der Waals surface area contributed by atoms with E-state index in [4.69, 9.17) is 9.05 Å². The Labute approximate surface area is 144 Å². The minimum Gasteiger partial charge on any atom is -0.331 e. The van der Waals surface area contributed by atoms with Crippen LogP contribution in [-0.4, -0.2) is 13.2 Å². The number of benzene rings is 1. The first kappa shape index (κ1) is 20.6. The summed E-state index contributed by atoms with van der Waals surface area (Å²) in [5, 5.41) is 1.20. The molecule has 132 valence electrons. The van der Waals surface area contributed by atoms with Crippen molar-refractivity contribution in [1.29, 1.82) is 0 Å². The maximum absolute atomic E-state index is 6.08. The van der Waals surface area contributed by atoms with Gasteiger partial charge in [0, 0.05) is 5.30 Å². The molecule has 1 rings (SSSR count). The fourth-order valence-electron chi connectivity index (χ4n) is 2.44. The maximum atomic E-state index is 6.08. The molecule has 0 aliphatic carbocycles. The lowest BCUT2D eigenvalue weighted by atomic mass is 10.2. The van der Waals surface area contributed by atoms with Gasteiger partial charge >= 0.3 is 0 Å². The van der Waals surface area contributed by atoms with E-state index >= 15 is 0 Å². The fraction of sp³-hybridized carbons (Fsp3) is 0.700. The van der Waals surface area contributed by atoms with Gasteiger partial charge in [-0.3, -0.25) is 0 Å².